The number of methoxy groups -OCH3 is 1. The molecule has 2 aromatic rings. The summed E-state index contributed by atoms with van der Waals surface area (Å²) >= 11 is 1.76. The van der Waals surface area contributed by atoms with Gasteiger partial charge in [0.25, 0.3) is 0 Å². The van der Waals surface area contributed by atoms with E-state index in [0.717, 1.165) is 54.7 Å². The summed E-state index contributed by atoms with van der Waals surface area (Å²) in [5, 5.41) is 4.16. The number of nitrogens with zero attached hydrogens (tertiary/aromatic N) is 4. The van der Waals surface area contributed by atoms with E-state index in [1.165, 1.54) is 0 Å². The normalized spacial score (nSPS) is 14.5. The minimum atomic E-state index is 0.261. The first-order valence-electron chi connectivity index (χ1n) is 8.94. The van der Waals surface area contributed by atoms with Crippen LogP contribution in [0, 0.1) is 0 Å². The van der Waals surface area contributed by atoms with Crippen LogP contribution in [0.1, 0.15) is 12.8 Å². The number of anilines is 1. The highest BCUT2D eigenvalue weighted by Gasteiger charge is 2.22. The van der Waals surface area contributed by atoms with Crippen molar-refractivity contribution in [2.45, 2.75) is 17.7 Å². The first-order chi connectivity index (χ1) is 12.7. The zero-order valence-corrected chi connectivity index (χ0v) is 16.2. The number of ether oxygens (including phenoxy) is 1. The van der Waals surface area contributed by atoms with Gasteiger partial charge < -0.3 is 14.5 Å². The monoisotopic (exact) mass is 374 g/mol. The van der Waals surface area contributed by atoms with E-state index in [1.807, 2.05) is 42.5 Å². The number of piperazine rings is 1. The number of hydrogen-bond donors (Lipinski definition) is 0. The maximum atomic E-state index is 12.4. The molecule has 1 fully saturated rings. The van der Waals surface area contributed by atoms with E-state index < -0.39 is 0 Å². The zero-order valence-electron chi connectivity index (χ0n) is 15.4. The summed E-state index contributed by atoms with van der Waals surface area (Å²) in [6.45, 7) is 3.23. The number of aromatic nitrogens is 2. The maximum Gasteiger partial charge on any atom is 0.222 e. The van der Waals surface area contributed by atoms with Crippen LogP contribution in [-0.4, -0.2) is 59.6 Å². The largest absolute Gasteiger partial charge is 0.495 e. The molecular weight excluding hydrogens is 348 g/mol. The first kappa shape index (κ1) is 18.6. The van der Waals surface area contributed by atoms with Gasteiger partial charge in [0.05, 0.1) is 19.0 Å². The molecule has 7 heteroatoms. The Labute approximate surface area is 159 Å². The van der Waals surface area contributed by atoms with Gasteiger partial charge in [-0.2, -0.15) is 5.10 Å². The van der Waals surface area contributed by atoms with Gasteiger partial charge in [-0.1, -0.05) is 12.1 Å². The zero-order chi connectivity index (χ0) is 18.4. The molecule has 0 N–H and O–H groups in total. The minimum Gasteiger partial charge on any atom is -0.495 e. The van der Waals surface area contributed by atoms with Crippen molar-refractivity contribution in [2.24, 2.45) is 7.05 Å². The van der Waals surface area contributed by atoms with E-state index in [2.05, 4.69) is 16.1 Å². The number of rotatable bonds is 7. The van der Waals surface area contributed by atoms with Crippen molar-refractivity contribution in [1.29, 1.82) is 0 Å². The SMILES string of the molecule is COc1ccccc1N1CCN(C(=O)CCCSc2cnn(C)c2)CC1. The molecule has 1 saturated heterocycles. The van der Waals surface area contributed by atoms with E-state index in [1.54, 1.807) is 23.6 Å². The van der Waals surface area contributed by atoms with Crippen molar-refractivity contribution in [3.63, 3.8) is 0 Å². The third-order valence-electron chi connectivity index (χ3n) is 4.54. The summed E-state index contributed by atoms with van der Waals surface area (Å²) in [5.74, 6) is 2.09. The van der Waals surface area contributed by atoms with E-state index in [4.69, 9.17) is 4.74 Å². The summed E-state index contributed by atoms with van der Waals surface area (Å²) in [7, 11) is 3.61. The van der Waals surface area contributed by atoms with Gasteiger partial charge in [0, 0.05) is 50.7 Å². The van der Waals surface area contributed by atoms with Gasteiger partial charge in [0.2, 0.25) is 5.91 Å². The Balaban J connectivity index is 1.40. The highest BCUT2D eigenvalue weighted by atomic mass is 32.2. The second kappa shape index (κ2) is 8.98. The van der Waals surface area contributed by atoms with Crippen molar-refractivity contribution in [1.82, 2.24) is 14.7 Å². The fourth-order valence-corrected chi connectivity index (χ4v) is 4.01. The van der Waals surface area contributed by atoms with Gasteiger partial charge >= 0.3 is 0 Å². The Bertz CT molecular complexity index is 726. The van der Waals surface area contributed by atoms with Gasteiger partial charge in [-0.15, -0.1) is 11.8 Å². The van der Waals surface area contributed by atoms with Crippen LogP contribution < -0.4 is 9.64 Å². The summed E-state index contributed by atoms with van der Waals surface area (Å²) < 4.78 is 7.25. The molecule has 0 radical (unpaired) electrons. The Morgan fingerprint density at radius 1 is 1.23 bits per heavy atom. The van der Waals surface area contributed by atoms with E-state index in [-0.39, 0.29) is 5.91 Å². The van der Waals surface area contributed by atoms with E-state index >= 15 is 0 Å². The van der Waals surface area contributed by atoms with E-state index in [0.29, 0.717) is 6.42 Å². The molecule has 3 rings (SSSR count). The average Bonchev–Trinajstić information content (AvgIpc) is 3.10. The highest BCUT2D eigenvalue weighted by Crippen LogP contribution is 2.28. The summed E-state index contributed by atoms with van der Waals surface area (Å²) in [6.07, 6.45) is 5.38. The average molecular weight is 375 g/mol. The van der Waals surface area contributed by atoms with Crippen molar-refractivity contribution in [3.05, 3.63) is 36.7 Å². The topological polar surface area (TPSA) is 50.6 Å². The molecule has 0 bridgehead atoms. The van der Waals surface area contributed by atoms with Crippen LogP contribution in [0.25, 0.3) is 0 Å². The number of para-hydroxylation sites is 2. The number of carbonyl (C=O) groups is 1. The molecule has 26 heavy (non-hydrogen) atoms. The summed E-state index contributed by atoms with van der Waals surface area (Å²) in [6, 6.07) is 8.06. The molecule has 140 valence electrons. The molecule has 1 amide bonds. The number of hydrogen-bond acceptors (Lipinski definition) is 5. The van der Waals surface area contributed by atoms with Crippen LogP contribution in [0.15, 0.2) is 41.6 Å². The molecule has 2 heterocycles. The standard InChI is InChI=1S/C19H26N4O2S/c1-21-15-16(14-20-21)26-13-5-8-19(24)23-11-9-22(10-12-23)17-6-3-4-7-18(17)25-2/h3-4,6-7,14-15H,5,8-13H2,1-2H3. The predicted molar refractivity (Wildman–Crippen MR) is 105 cm³/mol. The smallest absolute Gasteiger partial charge is 0.222 e. The molecule has 1 aromatic heterocycles. The van der Waals surface area contributed by atoms with Gasteiger partial charge in [0.15, 0.2) is 0 Å². The third-order valence-corrected chi connectivity index (χ3v) is 5.58. The highest BCUT2D eigenvalue weighted by molar-refractivity contribution is 7.99. The Morgan fingerprint density at radius 2 is 2.00 bits per heavy atom. The summed E-state index contributed by atoms with van der Waals surface area (Å²) in [5.41, 5.74) is 1.11. The molecule has 0 aliphatic carbocycles. The molecule has 0 spiro atoms. The fourth-order valence-electron chi connectivity index (χ4n) is 3.13. The molecule has 0 atom stereocenters. The lowest BCUT2D eigenvalue weighted by molar-refractivity contribution is -0.131. The molecular formula is C19H26N4O2S. The van der Waals surface area contributed by atoms with Crippen molar-refractivity contribution < 1.29 is 9.53 Å². The molecule has 1 aliphatic heterocycles. The van der Waals surface area contributed by atoms with Crippen molar-refractivity contribution in [3.8, 4) is 5.75 Å². The maximum absolute atomic E-state index is 12.4. The molecule has 1 aromatic carbocycles. The van der Waals surface area contributed by atoms with Crippen molar-refractivity contribution in [2.75, 3.05) is 43.9 Å². The second-order valence-electron chi connectivity index (χ2n) is 6.34. The number of carbonyl (C=O) groups excluding carboxylic acids is 1. The summed E-state index contributed by atoms with van der Waals surface area (Å²) in [4.78, 5) is 17.9. The molecule has 0 saturated carbocycles. The van der Waals surface area contributed by atoms with Gasteiger partial charge in [0.1, 0.15) is 5.75 Å². The molecule has 1 aliphatic rings. The van der Waals surface area contributed by atoms with Crippen LogP contribution in [0.4, 0.5) is 5.69 Å². The Morgan fingerprint density at radius 3 is 2.69 bits per heavy atom. The fraction of sp³-hybridized carbons (Fsp3) is 0.474. The lowest BCUT2D eigenvalue weighted by atomic mass is 10.2. The molecule has 6 nitrogen and oxygen atoms in total. The number of thioether (sulfide) groups is 1. The van der Waals surface area contributed by atoms with Gasteiger partial charge in [-0.05, 0) is 24.3 Å². The Hall–Kier alpha value is -2.15. The van der Waals surface area contributed by atoms with Crippen LogP contribution in [0.2, 0.25) is 0 Å². The van der Waals surface area contributed by atoms with Crippen LogP contribution >= 0.6 is 11.8 Å². The minimum absolute atomic E-state index is 0.261. The molecule has 0 unspecified atom stereocenters. The van der Waals surface area contributed by atoms with Gasteiger partial charge in [-0.25, -0.2) is 0 Å². The first-order valence-corrected chi connectivity index (χ1v) is 9.93. The van der Waals surface area contributed by atoms with Crippen molar-refractivity contribution >= 4 is 23.4 Å². The van der Waals surface area contributed by atoms with Crippen LogP contribution in [0.3, 0.4) is 0 Å². The quantitative estimate of drug-likeness (QED) is 0.551. The number of aryl methyl sites for hydroxylation is 1. The predicted octanol–water partition coefficient (Wildman–Crippen LogP) is 2.65. The van der Waals surface area contributed by atoms with E-state index in [9.17, 15) is 4.79 Å². The van der Waals surface area contributed by atoms with Crippen LogP contribution in [-0.2, 0) is 11.8 Å². The van der Waals surface area contributed by atoms with Gasteiger partial charge in [-0.3, -0.25) is 9.48 Å². The number of amides is 1. The Kier molecular flexibility index (Phi) is 6.44. The van der Waals surface area contributed by atoms with Crippen LogP contribution in [0.5, 0.6) is 5.75 Å². The lowest BCUT2D eigenvalue weighted by Crippen LogP contribution is -2.48. The number of benzene rings is 1. The third kappa shape index (κ3) is 4.72. The second-order valence-corrected chi connectivity index (χ2v) is 7.51. The lowest BCUT2D eigenvalue weighted by Gasteiger charge is -2.36.